The fraction of sp³-hybridized carbons (Fsp3) is 0.500. The SMILES string of the molecule is CC(c1cnc(OCCC(F)(F)F)c(Cl)c1)C1CC(Cl)=CN1. The Bertz CT molecular complexity index is 564. The van der Waals surface area contributed by atoms with Crippen molar-refractivity contribution in [1.82, 2.24) is 10.3 Å². The highest BCUT2D eigenvalue weighted by molar-refractivity contribution is 6.31. The van der Waals surface area contributed by atoms with E-state index in [1.165, 1.54) is 0 Å². The number of rotatable bonds is 5. The standard InChI is InChI=1S/C14H15Cl2F3N2O/c1-8(12-5-10(15)7-20-12)9-4-11(16)13(21-6-9)22-3-2-14(17,18)19/h4,6-8,12,20H,2-3,5H2,1H3. The molecule has 0 spiro atoms. The summed E-state index contributed by atoms with van der Waals surface area (Å²) >= 11 is 12.0. The van der Waals surface area contributed by atoms with Crippen molar-refractivity contribution in [2.45, 2.75) is 37.9 Å². The van der Waals surface area contributed by atoms with Gasteiger partial charge in [-0.2, -0.15) is 13.2 Å². The molecular weight excluding hydrogens is 340 g/mol. The summed E-state index contributed by atoms with van der Waals surface area (Å²) in [7, 11) is 0. The van der Waals surface area contributed by atoms with E-state index in [0.717, 1.165) is 10.6 Å². The minimum absolute atomic E-state index is 0.0115. The van der Waals surface area contributed by atoms with Crippen LogP contribution in [0.2, 0.25) is 5.02 Å². The molecule has 1 N–H and O–H groups in total. The van der Waals surface area contributed by atoms with Crippen LogP contribution in [0.5, 0.6) is 5.88 Å². The molecule has 0 fully saturated rings. The average Bonchev–Trinajstić information content (AvgIpc) is 2.85. The first-order chi connectivity index (χ1) is 10.3. The van der Waals surface area contributed by atoms with Gasteiger partial charge in [-0.15, -0.1) is 0 Å². The predicted octanol–water partition coefficient (Wildman–Crippen LogP) is 4.61. The van der Waals surface area contributed by atoms with Crippen LogP contribution < -0.4 is 10.1 Å². The second-order valence-corrected chi connectivity index (χ2v) is 6.02. The fourth-order valence-corrected chi connectivity index (χ4v) is 2.60. The van der Waals surface area contributed by atoms with Crippen molar-refractivity contribution in [2.75, 3.05) is 6.61 Å². The van der Waals surface area contributed by atoms with Crippen molar-refractivity contribution in [2.24, 2.45) is 0 Å². The third kappa shape index (κ3) is 4.68. The van der Waals surface area contributed by atoms with E-state index in [0.29, 0.717) is 6.42 Å². The summed E-state index contributed by atoms with van der Waals surface area (Å²) in [5.41, 5.74) is 0.866. The molecule has 3 nitrogen and oxygen atoms in total. The smallest absolute Gasteiger partial charge is 0.392 e. The summed E-state index contributed by atoms with van der Waals surface area (Å²) in [5.74, 6) is 0.110. The van der Waals surface area contributed by atoms with Crippen molar-refractivity contribution in [3.05, 3.63) is 34.1 Å². The van der Waals surface area contributed by atoms with Crippen molar-refractivity contribution in [3.8, 4) is 5.88 Å². The monoisotopic (exact) mass is 354 g/mol. The van der Waals surface area contributed by atoms with E-state index >= 15 is 0 Å². The zero-order chi connectivity index (χ0) is 16.3. The lowest BCUT2D eigenvalue weighted by Crippen LogP contribution is -2.25. The molecule has 0 saturated heterocycles. The third-order valence-electron chi connectivity index (χ3n) is 3.45. The predicted molar refractivity (Wildman–Crippen MR) is 79.3 cm³/mol. The van der Waals surface area contributed by atoms with Crippen molar-refractivity contribution < 1.29 is 17.9 Å². The van der Waals surface area contributed by atoms with E-state index in [-0.39, 0.29) is 22.9 Å². The van der Waals surface area contributed by atoms with E-state index in [1.54, 1.807) is 18.5 Å². The lowest BCUT2D eigenvalue weighted by atomic mass is 9.93. The molecule has 22 heavy (non-hydrogen) atoms. The molecule has 0 amide bonds. The molecule has 2 unspecified atom stereocenters. The molecule has 1 aromatic rings. The van der Waals surface area contributed by atoms with E-state index in [1.807, 2.05) is 6.92 Å². The highest BCUT2D eigenvalue weighted by Crippen LogP contribution is 2.32. The first kappa shape index (κ1) is 17.2. The van der Waals surface area contributed by atoms with Crippen LogP contribution in [0.1, 0.15) is 31.2 Å². The molecule has 0 saturated carbocycles. The topological polar surface area (TPSA) is 34.1 Å². The van der Waals surface area contributed by atoms with E-state index in [2.05, 4.69) is 10.3 Å². The highest BCUT2D eigenvalue weighted by atomic mass is 35.5. The van der Waals surface area contributed by atoms with Gasteiger partial charge in [0.25, 0.3) is 0 Å². The summed E-state index contributed by atoms with van der Waals surface area (Å²) in [6, 6.07) is 1.80. The van der Waals surface area contributed by atoms with Crippen LogP contribution in [0.3, 0.4) is 0 Å². The number of ether oxygens (including phenoxy) is 1. The second-order valence-electron chi connectivity index (χ2n) is 5.13. The van der Waals surface area contributed by atoms with Gasteiger partial charge in [0.15, 0.2) is 0 Å². The molecule has 8 heteroatoms. The fourth-order valence-electron chi connectivity index (χ4n) is 2.14. The summed E-state index contributed by atoms with van der Waals surface area (Å²) < 4.78 is 41.2. The number of alkyl halides is 3. The molecule has 2 heterocycles. The number of pyridine rings is 1. The van der Waals surface area contributed by atoms with E-state index in [4.69, 9.17) is 27.9 Å². The van der Waals surface area contributed by atoms with Gasteiger partial charge < -0.3 is 10.1 Å². The minimum atomic E-state index is -4.26. The van der Waals surface area contributed by atoms with Gasteiger partial charge in [-0.25, -0.2) is 4.98 Å². The molecule has 1 aliphatic rings. The zero-order valence-electron chi connectivity index (χ0n) is 11.8. The van der Waals surface area contributed by atoms with E-state index < -0.39 is 19.2 Å². The lowest BCUT2D eigenvalue weighted by molar-refractivity contribution is -0.139. The Hall–Kier alpha value is -1.14. The van der Waals surface area contributed by atoms with Crippen molar-refractivity contribution in [1.29, 1.82) is 0 Å². The maximum Gasteiger partial charge on any atom is 0.392 e. The van der Waals surface area contributed by atoms with Gasteiger partial charge in [0.05, 0.1) is 13.0 Å². The first-order valence-corrected chi connectivity index (χ1v) is 7.47. The Morgan fingerprint density at radius 3 is 2.73 bits per heavy atom. The Kier molecular flexibility index (Phi) is 5.45. The number of hydrogen-bond acceptors (Lipinski definition) is 3. The average molecular weight is 355 g/mol. The third-order valence-corrected chi connectivity index (χ3v) is 3.99. The summed E-state index contributed by atoms with van der Waals surface area (Å²) in [6.07, 6.45) is -1.27. The van der Waals surface area contributed by atoms with Crippen LogP contribution in [0, 0.1) is 0 Å². The molecule has 0 aliphatic carbocycles. The van der Waals surface area contributed by atoms with Crippen LogP contribution in [-0.2, 0) is 0 Å². The summed E-state index contributed by atoms with van der Waals surface area (Å²) in [4.78, 5) is 4.01. The van der Waals surface area contributed by atoms with Gasteiger partial charge in [-0.1, -0.05) is 30.1 Å². The Balaban J connectivity index is 1.97. The van der Waals surface area contributed by atoms with Gasteiger partial charge in [0.2, 0.25) is 5.88 Å². The Labute approximate surface area is 136 Å². The number of aromatic nitrogens is 1. The summed E-state index contributed by atoms with van der Waals surface area (Å²) in [6.45, 7) is 1.49. The largest absolute Gasteiger partial charge is 0.476 e. The van der Waals surface area contributed by atoms with Gasteiger partial charge in [-0.05, 0) is 11.6 Å². The van der Waals surface area contributed by atoms with Crippen molar-refractivity contribution in [3.63, 3.8) is 0 Å². The number of nitrogens with zero attached hydrogens (tertiary/aromatic N) is 1. The number of nitrogens with one attached hydrogen (secondary N) is 1. The van der Waals surface area contributed by atoms with Gasteiger partial charge in [-0.3, -0.25) is 0 Å². The molecule has 1 aromatic heterocycles. The molecule has 0 radical (unpaired) electrons. The van der Waals surface area contributed by atoms with Gasteiger partial charge in [0.1, 0.15) is 5.02 Å². The number of hydrogen-bond donors (Lipinski definition) is 1. The maximum atomic E-state index is 12.1. The first-order valence-electron chi connectivity index (χ1n) is 6.72. The molecule has 0 bridgehead atoms. The highest BCUT2D eigenvalue weighted by Gasteiger charge is 2.27. The quantitative estimate of drug-likeness (QED) is 0.838. The Morgan fingerprint density at radius 1 is 1.45 bits per heavy atom. The number of halogens is 5. The minimum Gasteiger partial charge on any atom is -0.476 e. The molecule has 1 aliphatic heterocycles. The molecule has 0 aromatic carbocycles. The van der Waals surface area contributed by atoms with Crippen LogP contribution >= 0.6 is 23.2 Å². The second kappa shape index (κ2) is 6.96. The zero-order valence-corrected chi connectivity index (χ0v) is 13.3. The molecule has 2 atom stereocenters. The molecule has 2 rings (SSSR count). The lowest BCUT2D eigenvalue weighted by Gasteiger charge is -2.20. The van der Waals surface area contributed by atoms with Crippen molar-refractivity contribution >= 4 is 23.2 Å². The van der Waals surface area contributed by atoms with Crippen LogP contribution in [-0.4, -0.2) is 23.8 Å². The molecular formula is C14H15Cl2F3N2O. The van der Waals surface area contributed by atoms with Crippen LogP contribution in [0.4, 0.5) is 13.2 Å². The van der Waals surface area contributed by atoms with E-state index in [9.17, 15) is 13.2 Å². The summed E-state index contributed by atoms with van der Waals surface area (Å²) in [5, 5.41) is 4.12. The normalized spacial score (nSPS) is 19.5. The maximum absolute atomic E-state index is 12.1. The van der Waals surface area contributed by atoms with Gasteiger partial charge in [0, 0.05) is 35.8 Å². The van der Waals surface area contributed by atoms with Crippen LogP contribution in [0.15, 0.2) is 23.5 Å². The Morgan fingerprint density at radius 2 is 2.18 bits per heavy atom. The van der Waals surface area contributed by atoms with Crippen LogP contribution in [0.25, 0.3) is 0 Å². The molecule has 122 valence electrons. The van der Waals surface area contributed by atoms with Gasteiger partial charge >= 0.3 is 6.18 Å².